The van der Waals surface area contributed by atoms with E-state index in [1.165, 1.54) is 28.2 Å². The molecule has 3 aromatic rings. The highest BCUT2D eigenvalue weighted by Crippen LogP contribution is 2.31. The van der Waals surface area contributed by atoms with E-state index in [1.54, 1.807) is 24.3 Å². The molecule has 0 spiro atoms. The van der Waals surface area contributed by atoms with Crippen LogP contribution in [-0.2, 0) is 24.2 Å². The predicted octanol–water partition coefficient (Wildman–Crippen LogP) is 4.30. The molecule has 7 heteroatoms. The number of thiophene rings is 1. The molecule has 0 amide bonds. The normalized spacial score (nSPS) is 13.0. The lowest BCUT2D eigenvalue weighted by Gasteiger charge is -1.99. The Morgan fingerprint density at radius 2 is 2.08 bits per heavy atom. The van der Waals surface area contributed by atoms with Gasteiger partial charge in [0.25, 0.3) is 5.89 Å². The fourth-order valence-electron chi connectivity index (χ4n) is 2.65. The lowest BCUT2D eigenvalue weighted by Crippen LogP contribution is -2.03. The largest absolute Gasteiger partial charge is 0.451 e. The van der Waals surface area contributed by atoms with Gasteiger partial charge in [-0.3, -0.25) is 0 Å². The van der Waals surface area contributed by atoms with E-state index >= 15 is 0 Å². The van der Waals surface area contributed by atoms with Crippen LogP contribution in [-0.4, -0.2) is 16.2 Å². The smallest absolute Gasteiger partial charge is 0.348 e. The molecule has 1 aliphatic rings. The summed E-state index contributed by atoms with van der Waals surface area (Å²) in [5, 5.41) is 8.50. The first-order valence-corrected chi connectivity index (χ1v) is 8.75. The van der Waals surface area contributed by atoms with Gasteiger partial charge in [-0.25, -0.2) is 4.79 Å². The molecule has 0 unspecified atom stereocenters. The lowest BCUT2D eigenvalue weighted by molar-refractivity contribution is 0.0444. The Morgan fingerprint density at radius 1 is 1.25 bits per heavy atom. The highest BCUT2D eigenvalue weighted by atomic mass is 35.5. The fourth-order valence-corrected chi connectivity index (χ4v) is 3.92. The second-order valence-corrected chi connectivity index (χ2v) is 7.07. The molecule has 24 heavy (non-hydrogen) atoms. The van der Waals surface area contributed by atoms with Crippen molar-refractivity contribution in [1.82, 2.24) is 10.2 Å². The van der Waals surface area contributed by atoms with Crippen molar-refractivity contribution in [2.75, 3.05) is 0 Å². The Labute approximate surface area is 147 Å². The number of aromatic nitrogens is 2. The third kappa shape index (κ3) is 3.07. The van der Waals surface area contributed by atoms with Crippen molar-refractivity contribution in [2.24, 2.45) is 0 Å². The standard InChI is InChI=1S/C17H13ClN2O3S/c18-12-6-4-10(5-7-12)16-20-19-15(23-16)9-22-17(21)14-8-11-2-1-3-13(11)24-14/h4-8H,1-3,9H2. The summed E-state index contributed by atoms with van der Waals surface area (Å²) in [5.41, 5.74) is 2.04. The van der Waals surface area contributed by atoms with E-state index in [4.69, 9.17) is 20.8 Å². The average molecular weight is 361 g/mol. The molecule has 0 bridgehead atoms. The maximum absolute atomic E-state index is 12.1. The Hall–Kier alpha value is -2.18. The number of fused-ring (bicyclic) bond motifs is 1. The number of carbonyl (C=O) groups excluding carboxylic acids is 1. The van der Waals surface area contributed by atoms with Crippen LogP contribution in [0.4, 0.5) is 0 Å². The molecule has 1 aliphatic carbocycles. The van der Waals surface area contributed by atoms with Crippen molar-refractivity contribution in [2.45, 2.75) is 25.9 Å². The number of hydrogen-bond donors (Lipinski definition) is 0. The van der Waals surface area contributed by atoms with E-state index < -0.39 is 0 Å². The molecule has 0 atom stereocenters. The molecule has 5 nitrogen and oxygen atoms in total. The molecular weight excluding hydrogens is 348 g/mol. The van der Waals surface area contributed by atoms with E-state index in [2.05, 4.69) is 10.2 Å². The summed E-state index contributed by atoms with van der Waals surface area (Å²) in [6.07, 6.45) is 3.28. The Bertz CT molecular complexity index is 864. The molecule has 0 radical (unpaired) electrons. The molecule has 0 aliphatic heterocycles. The number of esters is 1. The lowest BCUT2D eigenvalue weighted by atomic mass is 10.2. The van der Waals surface area contributed by atoms with Gasteiger partial charge in [-0.1, -0.05) is 11.6 Å². The van der Waals surface area contributed by atoms with E-state index in [9.17, 15) is 4.79 Å². The fraction of sp³-hybridized carbons (Fsp3) is 0.235. The van der Waals surface area contributed by atoms with Gasteiger partial charge in [0, 0.05) is 15.5 Å². The van der Waals surface area contributed by atoms with Crippen molar-refractivity contribution in [1.29, 1.82) is 0 Å². The first-order chi connectivity index (χ1) is 11.7. The van der Waals surface area contributed by atoms with Crippen LogP contribution in [0, 0.1) is 0 Å². The van der Waals surface area contributed by atoms with Crippen molar-refractivity contribution < 1.29 is 13.9 Å². The molecule has 0 saturated heterocycles. The highest BCUT2D eigenvalue weighted by Gasteiger charge is 2.20. The summed E-state index contributed by atoms with van der Waals surface area (Å²) in [5.74, 6) is 0.283. The molecular formula is C17H13ClN2O3S. The van der Waals surface area contributed by atoms with Gasteiger partial charge in [-0.2, -0.15) is 0 Å². The number of benzene rings is 1. The summed E-state index contributed by atoms with van der Waals surface area (Å²) in [6.45, 7) is -0.0397. The van der Waals surface area contributed by atoms with Crippen molar-refractivity contribution in [3.05, 3.63) is 56.6 Å². The van der Waals surface area contributed by atoms with E-state index in [1.807, 2.05) is 6.07 Å². The van der Waals surface area contributed by atoms with Crippen LogP contribution in [0.25, 0.3) is 11.5 Å². The number of ether oxygens (including phenoxy) is 1. The third-order valence-electron chi connectivity index (χ3n) is 3.83. The number of nitrogens with zero attached hydrogens (tertiary/aromatic N) is 2. The quantitative estimate of drug-likeness (QED) is 0.649. The second kappa shape index (κ2) is 6.37. The minimum Gasteiger partial charge on any atom is -0.451 e. The van der Waals surface area contributed by atoms with Gasteiger partial charge in [-0.05, 0) is 55.2 Å². The number of halogens is 1. The molecule has 2 aromatic heterocycles. The third-order valence-corrected chi connectivity index (χ3v) is 5.30. The number of carbonyl (C=O) groups is 1. The van der Waals surface area contributed by atoms with Crippen LogP contribution in [0.3, 0.4) is 0 Å². The van der Waals surface area contributed by atoms with Crippen LogP contribution in [0.2, 0.25) is 5.02 Å². The minimum absolute atomic E-state index is 0.0397. The maximum Gasteiger partial charge on any atom is 0.348 e. The highest BCUT2D eigenvalue weighted by molar-refractivity contribution is 7.14. The summed E-state index contributed by atoms with van der Waals surface area (Å²) in [7, 11) is 0. The van der Waals surface area contributed by atoms with Gasteiger partial charge >= 0.3 is 5.97 Å². The number of rotatable bonds is 4. The van der Waals surface area contributed by atoms with Gasteiger partial charge in [0.15, 0.2) is 6.61 Å². The minimum atomic E-state index is -0.347. The predicted molar refractivity (Wildman–Crippen MR) is 90.2 cm³/mol. The molecule has 122 valence electrons. The zero-order valence-corrected chi connectivity index (χ0v) is 14.2. The molecule has 2 heterocycles. The molecule has 0 fully saturated rings. The Balaban J connectivity index is 1.40. The zero-order valence-electron chi connectivity index (χ0n) is 12.6. The Morgan fingerprint density at radius 3 is 2.88 bits per heavy atom. The van der Waals surface area contributed by atoms with Gasteiger partial charge < -0.3 is 9.15 Å². The van der Waals surface area contributed by atoms with E-state index in [0.717, 1.165) is 18.4 Å². The molecule has 1 aromatic carbocycles. The van der Waals surface area contributed by atoms with Gasteiger partial charge in [-0.15, -0.1) is 21.5 Å². The van der Waals surface area contributed by atoms with Gasteiger partial charge in [0.2, 0.25) is 5.89 Å². The van der Waals surface area contributed by atoms with Gasteiger partial charge in [0.1, 0.15) is 4.88 Å². The van der Waals surface area contributed by atoms with Crippen LogP contribution in [0.5, 0.6) is 0 Å². The first kappa shape index (κ1) is 15.4. The van der Waals surface area contributed by atoms with Crippen LogP contribution >= 0.6 is 22.9 Å². The molecule has 0 N–H and O–H groups in total. The van der Waals surface area contributed by atoms with E-state index in [0.29, 0.717) is 15.8 Å². The molecule has 0 saturated carbocycles. The monoisotopic (exact) mass is 360 g/mol. The van der Waals surface area contributed by atoms with Crippen LogP contribution in [0.1, 0.15) is 32.4 Å². The SMILES string of the molecule is O=C(OCc1nnc(-c2ccc(Cl)cc2)o1)c1cc2c(s1)CCC2. The van der Waals surface area contributed by atoms with E-state index in [-0.39, 0.29) is 18.5 Å². The van der Waals surface area contributed by atoms with Crippen molar-refractivity contribution in [3.63, 3.8) is 0 Å². The van der Waals surface area contributed by atoms with Crippen LogP contribution in [0.15, 0.2) is 34.7 Å². The summed E-state index contributed by atoms with van der Waals surface area (Å²) in [6, 6.07) is 9.01. The summed E-state index contributed by atoms with van der Waals surface area (Å²) < 4.78 is 10.8. The summed E-state index contributed by atoms with van der Waals surface area (Å²) >= 11 is 7.37. The van der Waals surface area contributed by atoms with Gasteiger partial charge in [0.05, 0.1) is 0 Å². The number of hydrogen-bond acceptors (Lipinski definition) is 6. The second-order valence-electron chi connectivity index (χ2n) is 5.50. The van der Waals surface area contributed by atoms with Crippen molar-refractivity contribution in [3.8, 4) is 11.5 Å². The first-order valence-electron chi connectivity index (χ1n) is 7.56. The number of aryl methyl sites for hydroxylation is 2. The Kier molecular flexibility index (Phi) is 4.08. The van der Waals surface area contributed by atoms with Crippen LogP contribution < -0.4 is 0 Å². The van der Waals surface area contributed by atoms with Crippen molar-refractivity contribution >= 4 is 28.9 Å². The summed E-state index contributed by atoms with van der Waals surface area (Å²) in [4.78, 5) is 14.1. The molecule has 4 rings (SSSR count). The average Bonchev–Trinajstić information content (AvgIpc) is 3.29. The maximum atomic E-state index is 12.1. The zero-order chi connectivity index (χ0) is 16.5. The topological polar surface area (TPSA) is 65.2 Å².